The number of halogens is 1. The molecule has 0 radical (unpaired) electrons. The third kappa shape index (κ3) is 1.46. The maximum Gasteiger partial charge on any atom is 0.153 e. The Bertz CT molecular complexity index is 640. The molecule has 4 heteroatoms. The van der Waals surface area contributed by atoms with Crippen LogP contribution in [0.4, 0.5) is 0 Å². The zero-order valence-corrected chi connectivity index (χ0v) is 10.2. The summed E-state index contributed by atoms with van der Waals surface area (Å²) >= 11 is 3.47. The Morgan fingerprint density at radius 2 is 2.25 bits per heavy atom. The van der Waals surface area contributed by atoms with Crippen molar-refractivity contribution in [3.05, 3.63) is 46.9 Å². The molecular weight excluding hydrogens is 268 g/mol. The lowest BCUT2D eigenvalue weighted by molar-refractivity contribution is 0.580. The molecule has 3 nitrogen and oxygen atoms in total. The zero-order valence-electron chi connectivity index (χ0n) is 8.64. The SMILES string of the molecule is Cc1cc(Br)cn2cc(-c3ccco3)nc12. The predicted molar refractivity (Wildman–Crippen MR) is 65.3 cm³/mol. The van der Waals surface area contributed by atoms with E-state index in [0.29, 0.717) is 0 Å². The molecule has 0 spiro atoms. The molecule has 3 aromatic heterocycles. The van der Waals surface area contributed by atoms with E-state index < -0.39 is 0 Å². The van der Waals surface area contributed by atoms with Gasteiger partial charge in [0.1, 0.15) is 11.3 Å². The molecule has 3 rings (SSSR count). The maximum atomic E-state index is 5.33. The van der Waals surface area contributed by atoms with Crippen LogP contribution >= 0.6 is 15.9 Å². The lowest BCUT2D eigenvalue weighted by Gasteiger charge is -1.97. The Labute approximate surface area is 101 Å². The fraction of sp³-hybridized carbons (Fsp3) is 0.0833. The average molecular weight is 277 g/mol. The molecule has 0 bridgehead atoms. The zero-order chi connectivity index (χ0) is 11.1. The molecule has 0 aliphatic heterocycles. The van der Waals surface area contributed by atoms with Crippen LogP contribution in [0.3, 0.4) is 0 Å². The summed E-state index contributed by atoms with van der Waals surface area (Å²) in [5, 5.41) is 0. The first-order chi connectivity index (χ1) is 7.74. The number of rotatable bonds is 1. The van der Waals surface area contributed by atoms with Crippen molar-refractivity contribution in [2.45, 2.75) is 6.92 Å². The molecule has 0 saturated carbocycles. The van der Waals surface area contributed by atoms with Gasteiger partial charge in [-0.05, 0) is 46.6 Å². The summed E-state index contributed by atoms with van der Waals surface area (Å²) in [6.07, 6.45) is 5.61. The highest BCUT2D eigenvalue weighted by molar-refractivity contribution is 9.10. The van der Waals surface area contributed by atoms with Crippen LogP contribution in [0.25, 0.3) is 17.1 Å². The van der Waals surface area contributed by atoms with Gasteiger partial charge in [0.05, 0.1) is 6.26 Å². The van der Waals surface area contributed by atoms with E-state index in [1.54, 1.807) is 6.26 Å². The molecular formula is C12H9BrN2O. The number of aryl methyl sites for hydroxylation is 1. The lowest BCUT2D eigenvalue weighted by Crippen LogP contribution is -1.86. The quantitative estimate of drug-likeness (QED) is 0.679. The minimum absolute atomic E-state index is 0.791. The Kier molecular flexibility index (Phi) is 2.11. The first kappa shape index (κ1) is 9.66. The first-order valence-corrected chi connectivity index (χ1v) is 5.72. The molecule has 0 aliphatic rings. The molecule has 0 saturated heterocycles. The van der Waals surface area contributed by atoms with Crippen LogP contribution in [0.1, 0.15) is 5.56 Å². The summed E-state index contributed by atoms with van der Waals surface area (Å²) in [5.74, 6) is 0.791. The lowest BCUT2D eigenvalue weighted by atomic mass is 10.3. The monoisotopic (exact) mass is 276 g/mol. The Morgan fingerprint density at radius 1 is 1.38 bits per heavy atom. The summed E-state index contributed by atoms with van der Waals surface area (Å²) in [7, 11) is 0. The van der Waals surface area contributed by atoms with Gasteiger partial charge in [-0.3, -0.25) is 0 Å². The molecule has 0 aromatic carbocycles. The molecule has 0 aliphatic carbocycles. The van der Waals surface area contributed by atoms with Crippen LogP contribution < -0.4 is 0 Å². The van der Waals surface area contributed by atoms with Gasteiger partial charge in [0, 0.05) is 16.9 Å². The van der Waals surface area contributed by atoms with Crippen molar-refractivity contribution in [1.82, 2.24) is 9.38 Å². The number of pyridine rings is 1. The van der Waals surface area contributed by atoms with Crippen LogP contribution in [-0.4, -0.2) is 9.38 Å². The number of hydrogen-bond acceptors (Lipinski definition) is 2. The second kappa shape index (κ2) is 3.49. The van der Waals surface area contributed by atoms with E-state index in [-0.39, 0.29) is 0 Å². The molecule has 3 heterocycles. The van der Waals surface area contributed by atoms with E-state index in [9.17, 15) is 0 Å². The number of nitrogens with zero attached hydrogens (tertiary/aromatic N) is 2. The summed E-state index contributed by atoms with van der Waals surface area (Å²) in [5.41, 5.74) is 2.94. The molecule has 0 fully saturated rings. The van der Waals surface area contributed by atoms with Gasteiger partial charge in [0.2, 0.25) is 0 Å². The summed E-state index contributed by atoms with van der Waals surface area (Å²) in [6.45, 7) is 2.04. The Hall–Kier alpha value is -1.55. The van der Waals surface area contributed by atoms with Gasteiger partial charge in [-0.25, -0.2) is 4.98 Å². The molecule has 0 amide bonds. The third-order valence-corrected chi connectivity index (χ3v) is 2.91. The van der Waals surface area contributed by atoms with Crippen LogP contribution in [0.5, 0.6) is 0 Å². The van der Waals surface area contributed by atoms with Gasteiger partial charge in [0.15, 0.2) is 5.76 Å². The van der Waals surface area contributed by atoms with Crippen molar-refractivity contribution in [2.24, 2.45) is 0 Å². The van der Waals surface area contributed by atoms with E-state index in [0.717, 1.165) is 27.1 Å². The minimum atomic E-state index is 0.791. The minimum Gasteiger partial charge on any atom is -0.463 e. The van der Waals surface area contributed by atoms with Gasteiger partial charge in [-0.1, -0.05) is 0 Å². The molecule has 0 N–H and O–H groups in total. The average Bonchev–Trinajstić information content (AvgIpc) is 2.82. The van der Waals surface area contributed by atoms with Crippen LogP contribution in [-0.2, 0) is 0 Å². The number of hydrogen-bond donors (Lipinski definition) is 0. The second-order valence-corrected chi connectivity index (χ2v) is 4.59. The molecule has 0 atom stereocenters. The highest BCUT2D eigenvalue weighted by Crippen LogP contribution is 2.23. The number of furan rings is 1. The normalized spacial score (nSPS) is 11.1. The predicted octanol–water partition coefficient (Wildman–Crippen LogP) is 3.67. The van der Waals surface area contributed by atoms with E-state index in [4.69, 9.17) is 4.42 Å². The van der Waals surface area contributed by atoms with Crippen molar-refractivity contribution in [3.63, 3.8) is 0 Å². The number of aromatic nitrogens is 2. The van der Waals surface area contributed by atoms with E-state index in [1.807, 2.05) is 41.9 Å². The standard InChI is InChI=1S/C12H9BrN2O/c1-8-5-9(13)6-15-7-10(14-12(8)15)11-3-2-4-16-11/h2-7H,1H3. The third-order valence-electron chi connectivity index (χ3n) is 2.48. The molecule has 0 unspecified atom stereocenters. The highest BCUT2D eigenvalue weighted by Gasteiger charge is 2.08. The number of imidazole rings is 1. The van der Waals surface area contributed by atoms with Crippen molar-refractivity contribution in [3.8, 4) is 11.5 Å². The van der Waals surface area contributed by atoms with Crippen molar-refractivity contribution < 1.29 is 4.42 Å². The van der Waals surface area contributed by atoms with Crippen molar-refractivity contribution in [1.29, 1.82) is 0 Å². The highest BCUT2D eigenvalue weighted by atomic mass is 79.9. The van der Waals surface area contributed by atoms with Crippen LogP contribution in [0.15, 0.2) is 45.7 Å². The Balaban J connectivity index is 2.27. The smallest absolute Gasteiger partial charge is 0.153 e. The summed E-state index contributed by atoms with van der Waals surface area (Å²) in [6, 6.07) is 5.82. The second-order valence-electron chi connectivity index (χ2n) is 3.68. The molecule has 80 valence electrons. The summed E-state index contributed by atoms with van der Waals surface area (Å²) < 4.78 is 8.37. The van der Waals surface area contributed by atoms with Gasteiger partial charge < -0.3 is 8.82 Å². The molecule has 16 heavy (non-hydrogen) atoms. The van der Waals surface area contributed by atoms with E-state index in [2.05, 4.69) is 20.9 Å². The van der Waals surface area contributed by atoms with Gasteiger partial charge in [-0.15, -0.1) is 0 Å². The van der Waals surface area contributed by atoms with Gasteiger partial charge in [0.25, 0.3) is 0 Å². The maximum absolute atomic E-state index is 5.33. The fourth-order valence-electron chi connectivity index (χ4n) is 1.77. The van der Waals surface area contributed by atoms with Crippen molar-refractivity contribution in [2.75, 3.05) is 0 Å². The van der Waals surface area contributed by atoms with Gasteiger partial charge in [-0.2, -0.15) is 0 Å². The fourth-order valence-corrected chi connectivity index (χ4v) is 2.33. The van der Waals surface area contributed by atoms with E-state index in [1.165, 1.54) is 0 Å². The van der Waals surface area contributed by atoms with Crippen molar-refractivity contribution >= 4 is 21.6 Å². The molecule has 3 aromatic rings. The topological polar surface area (TPSA) is 30.4 Å². The van der Waals surface area contributed by atoms with Crippen LogP contribution in [0, 0.1) is 6.92 Å². The van der Waals surface area contributed by atoms with Gasteiger partial charge >= 0.3 is 0 Å². The van der Waals surface area contributed by atoms with Crippen LogP contribution in [0.2, 0.25) is 0 Å². The largest absolute Gasteiger partial charge is 0.463 e. The summed E-state index contributed by atoms with van der Waals surface area (Å²) in [4.78, 5) is 4.54. The number of fused-ring (bicyclic) bond motifs is 1. The Morgan fingerprint density at radius 3 is 3.00 bits per heavy atom. The first-order valence-electron chi connectivity index (χ1n) is 4.93. The van der Waals surface area contributed by atoms with E-state index >= 15 is 0 Å².